The third-order valence-corrected chi connectivity index (χ3v) is 5.00. The van der Waals surface area contributed by atoms with E-state index in [1.54, 1.807) is 6.07 Å². The van der Waals surface area contributed by atoms with Crippen LogP contribution < -0.4 is 5.32 Å². The summed E-state index contributed by atoms with van der Waals surface area (Å²) in [4.78, 5) is 0. The number of benzene rings is 1. The lowest BCUT2D eigenvalue weighted by Crippen LogP contribution is -2.28. The molecule has 1 aromatic rings. The van der Waals surface area contributed by atoms with E-state index in [2.05, 4.69) is 28.2 Å². The summed E-state index contributed by atoms with van der Waals surface area (Å²) < 4.78 is 14.2. The Balaban J connectivity index is 2.20. The molecule has 3 heteroatoms. The first-order chi connectivity index (χ1) is 8.63. The number of nitrogens with one attached hydrogen (secondary N) is 1. The molecule has 0 heterocycles. The zero-order chi connectivity index (χ0) is 13.1. The van der Waals surface area contributed by atoms with Crippen LogP contribution in [0.4, 0.5) is 4.39 Å². The fraction of sp³-hybridized carbons (Fsp3) is 0.600. The third kappa shape index (κ3) is 2.94. The summed E-state index contributed by atoms with van der Waals surface area (Å²) in [5.74, 6) is 1.29. The van der Waals surface area contributed by atoms with Gasteiger partial charge >= 0.3 is 0 Å². The monoisotopic (exact) mass is 313 g/mol. The van der Waals surface area contributed by atoms with Gasteiger partial charge in [-0.05, 0) is 59.3 Å². The van der Waals surface area contributed by atoms with Gasteiger partial charge in [-0.1, -0.05) is 31.9 Å². The standard InChI is InChI=1S/C15H21BrFN/c1-10-6-8-11(9-7-10)15(18-2)12-4-3-5-13(17)14(12)16/h3-5,10-11,15,18H,6-9H2,1-2H3. The van der Waals surface area contributed by atoms with E-state index in [4.69, 9.17) is 0 Å². The molecule has 2 rings (SSSR count). The van der Waals surface area contributed by atoms with Crippen molar-refractivity contribution in [1.29, 1.82) is 0 Å². The average Bonchev–Trinajstić information content (AvgIpc) is 2.37. The van der Waals surface area contributed by atoms with Crippen LogP contribution in [-0.2, 0) is 0 Å². The molecular formula is C15H21BrFN. The second kappa shape index (κ2) is 6.16. The van der Waals surface area contributed by atoms with Gasteiger partial charge in [0.1, 0.15) is 5.82 Å². The van der Waals surface area contributed by atoms with Crippen LogP contribution in [0.15, 0.2) is 22.7 Å². The molecule has 0 aliphatic heterocycles. The van der Waals surface area contributed by atoms with Gasteiger partial charge in [0.25, 0.3) is 0 Å². The van der Waals surface area contributed by atoms with Gasteiger partial charge in [-0.3, -0.25) is 0 Å². The molecule has 0 spiro atoms. The van der Waals surface area contributed by atoms with Crippen molar-refractivity contribution >= 4 is 15.9 Å². The van der Waals surface area contributed by atoms with E-state index in [0.717, 1.165) is 11.5 Å². The molecule has 1 nitrogen and oxygen atoms in total. The Morgan fingerprint density at radius 2 is 1.94 bits per heavy atom. The second-order valence-electron chi connectivity index (χ2n) is 5.43. The summed E-state index contributed by atoms with van der Waals surface area (Å²) >= 11 is 3.39. The lowest BCUT2D eigenvalue weighted by Gasteiger charge is -2.33. The first-order valence-electron chi connectivity index (χ1n) is 6.74. The van der Waals surface area contributed by atoms with E-state index < -0.39 is 0 Å². The molecule has 0 aromatic heterocycles. The topological polar surface area (TPSA) is 12.0 Å². The smallest absolute Gasteiger partial charge is 0.137 e. The first kappa shape index (κ1) is 14.0. The van der Waals surface area contributed by atoms with Gasteiger partial charge in [0.15, 0.2) is 0 Å². The lowest BCUT2D eigenvalue weighted by molar-refractivity contribution is 0.237. The quantitative estimate of drug-likeness (QED) is 0.854. The van der Waals surface area contributed by atoms with E-state index in [1.165, 1.54) is 31.7 Å². The molecule has 1 aliphatic rings. The van der Waals surface area contributed by atoms with Crippen LogP contribution >= 0.6 is 15.9 Å². The number of rotatable bonds is 3. The summed E-state index contributed by atoms with van der Waals surface area (Å²) in [5.41, 5.74) is 1.05. The Labute approximate surface area is 117 Å². The lowest BCUT2D eigenvalue weighted by atomic mass is 9.77. The Kier molecular flexibility index (Phi) is 4.79. The number of halogens is 2. The highest BCUT2D eigenvalue weighted by Gasteiger charge is 2.27. The Morgan fingerprint density at radius 1 is 1.28 bits per heavy atom. The maximum Gasteiger partial charge on any atom is 0.137 e. The van der Waals surface area contributed by atoms with Crippen LogP contribution in [0.5, 0.6) is 0 Å². The van der Waals surface area contributed by atoms with E-state index in [-0.39, 0.29) is 11.9 Å². The SMILES string of the molecule is CNC(c1cccc(F)c1Br)C1CCC(C)CC1. The van der Waals surface area contributed by atoms with Crippen LogP contribution in [0.1, 0.15) is 44.2 Å². The summed E-state index contributed by atoms with van der Waals surface area (Å²) in [5, 5.41) is 3.37. The van der Waals surface area contributed by atoms with Crippen molar-refractivity contribution in [1.82, 2.24) is 5.32 Å². The minimum absolute atomic E-state index is 0.170. The van der Waals surface area contributed by atoms with Gasteiger partial charge in [-0.15, -0.1) is 0 Å². The molecule has 0 amide bonds. The largest absolute Gasteiger partial charge is 0.313 e. The second-order valence-corrected chi connectivity index (χ2v) is 6.22. The Morgan fingerprint density at radius 3 is 2.56 bits per heavy atom. The minimum Gasteiger partial charge on any atom is -0.313 e. The molecule has 1 atom stereocenters. The van der Waals surface area contributed by atoms with Crippen LogP contribution in [0.2, 0.25) is 0 Å². The van der Waals surface area contributed by atoms with E-state index in [1.807, 2.05) is 13.1 Å². The van der Waals surface area contributed by atoms with Crippen molar-refractivity contribution in [2.45, 2.75) is 38.6 Å². The summed E-state index contributed by atoms with van der Waals surface area (Å²) in [7, 11) is 1.97. The van der Waals surface area contributed by atoms with Crippen molar-refractivity contribution in [2.75, 3.05) is 7.05 Å². The Bertz CT molecular complexity index is 399. The zero-order valence-corrected chi connectivity index (χ0v) is 12.6. The van der Waals surface area contributed by atoms with Crippen molar-refractivity contribution in [3.05, 3.63) is 34.1 Å². The summed E-state index contributed by atoms with van der Waals surface area (Å²) in [6.07, 6.45) is 5.04. The minimum atomic E-state index is -0.170. The molecule has 100 valence electrons. The van der Waals surface area contributed by atoms with Gasteiger partial charge in [-0.2, -0.15) is 0 Å². The predicted octanol–water partition coefficient (Wildman–Crippen LogP) is 4.68. The normalized spacial score (nSPS) is 26.0. The van der Waals surface area contributed by atoms with Crippen LogP contribution in [-0.4, -0.2) is 7.05 Å². The van der Waals surface area contributed by atoms with Gasteiger partial charge in [0, 0.05) is 6.04 Å². The molecule has 1 fully saturated rings. The molecule has 1 aliphatic carbocycles. The van der Waals surface area contributed by atoms with E-state index >= 15 is 0 Å². The van der Waals surface area contributed by atoms with Crippen LogP contribution in [0.3, 0.4) is 0 Å². The molecule has 0 saturated heterocycles. The molecule has 18 heavy (non-hydrogen) atoms. The molecule has 0 radical (unpaired) electrons. The first-order valence-corrected chi connectivity index (χ1v) is 7.54. The highest BCUT2D eigenvalue weighted by Crippen LogP contribution is 2.39. The summed E-state index contributed by atoms with van der Waals surface area (Å²) in [6, 6.07) is 5.57. The zero-order valence-electron chi connectivity index (χ0n) is 11.0. The maximum atomic E-state index is 13.6. The van der Waals surface area contributed by atoms with E-state index in [9.17, 15) is 4.39 Å². The van der Waals surface area contributed by atoms with Crippen LogP contribution in [0, 0.1) is 17.7 Å². The third-order valence-electron chi connectivity index (χ3n) is 4.16. The number of hydrogen-bond donors (Lipinski definition) is 1. The molecular weight excluding hydrogens is 293 g/mol. The fourth-order valence-electron chi connectivity index (χ4n) is 3.03. The van der Waals surface area contributed by atoms with Gasteiger partial charge in [0.2, 0.25) is 0 Å². The molecule has 1 saturated carbocycles. The molecule has 1 aromatic carbocycles. The van der Waals surface area contributed by atoms with Crippen molar-refractivity contribution in [3.63, 3.8) is 0 Å². The van der Waals surface area contributed by atoms with Crippen molar-refractivity contribution in [3.8, 4) is 0 Å². The van der Waals surface area contributed by atoms with Gasteiger partial charge in [0.05, 0.1) is 4.47 Å². The molecule has 1 unspecified atom stereocenters. The van der Waals surface area contributed by atoms with Crippen LogP contribution in [0.25, 0.3) is 0 Å². The van der Waals surface area contributed by atoms with Gasteiger partial charge < -0.3 is 5.32 Å². The van der Waals surface area contributed by atoms with E-state index in [0.29, 0.717) is 10.4 Å². The van der Waals surface area contributed by atoms with Gasteiger partial charge in [-0.25, -0.2) is 4.39 Å². The summed E-state index contributed by atoms with van der Waals surface area (Å²) in [6.45, 7) is 2.32. The maximum absolute atomic E-state index is 13.6. The molecule has 1 N–H and O–H groups in total. The highest BCUT2D eigenvalue weighted by atomic mass is 79.9. The van der Waals surface area contributed by atoms with Crippen molar-refractivity contribution in [2.24, 2.45) is 11.8 Å². The predicted molar refractivity (Wildman–Crippen MR) is 77.0 cm³/mol. The molecule has 0 bridgehead atoms. The van der Waals surface area contributed by atoms with Crippen molar-refractivity contribution < 1.29 is 4.39 Å². The fourth-order valence-corrected chi connectivity index (χ4v) is 3.54. The Hall–Kier alpha value is -0.410. The highest BCUT2D eigenvalue weighted by molar-refractivity contribution is 9.10. The number of hydrogen-bond acceptors (Lipinski definition) is 1. The average molecular weight is 314 g/mol.